The number of carbonyl (C=O) groups is 1. The summed E-state index contributed by atoms with van der Waals surface area (Å²) < 4.78 is 7.26. The Kier molecular flexibility index (Phi) is 6.85. The molecule has 1 aliphatic rings. The molecule has 1 N–H and O–H groups in total. The van der Waals surface area contributed by atoms with Crippen molar-refractivity contribution in [1.29, 1.82) is 0 Å². The smallest absolute Gasteiger partial charge is 0.317 e. The predicted octanol–water partition coefficient (Wildman–Crippen LogP) is 3.24. The lowest BCUT2D eigenvalue weighted by molar-refractivity contribution is 0.133. The van der Waals surface area contributed by atoms with Crippen molar-refractivity contribution in [1.82, 2.24) is 35.3 Å². The highest BCUT2D eigenvalue weighted by molar-refractivity contribution is 5.86. The maximum Gasteiger partial charge on any atom is 0.317 e. The van der Waals surface area contributed by atoms with Gasteiger partial charge in [0.1, 0.15) is 5.75 Å². The third-order valence-corrected chi connectivity index (χ3v) is 6.26. The molecule has 0 unspecified atom stereocenters. The van der Waals surface area contributed by atoms with Gasteiger partial charge < -0.3 is 15.0 Å². The molecule has 0 aliphatic carbocycles. The highest BCUT2D eigenvalue weighted by atomic mass is 16.5. The first kappa shape index (κ1) is 22.8. The number of piperazine rings is 1. The van der Waals surface area contributed by atoms with Crippen molar-refractivity contribution < 1.29 is 9.53 Å². The summed E-state index contributed by atoms with van der Waals surface area (Å²) in [5.41, 5.74) is 2.01. The van der Waals surface area contributed by atoms with E-state index in [1.54, 1.807) is 4.68 Å². The Labute approximate surface area is 204 Å². The zero-order valence-corrected chi connectivity index (χ0v) is 19.8. The van der Waals surface area contributed by atoms with E-state index in [-0.39, 0.29) is 6.03 Å². The van der Waals surface area contributed by atoms with Crippen LogP contribution in [0, 0.1) is 0 Å². The maximum absolute atomic E-state index is 12.8. The third-order valence-electron chi connectivity index (χ3n) is 6.26. The fourth-order valence-corrected chi connectivity index (χ4v) is 4.39. The van der Waals surface area contributed by atoms with Gasteiger partial charge in [0.2, 0.25) is 0 Å². The standard InChI is InChI=1S/C26H29N7O2/c1-2-35-23-12-10-22(11-13-23)33-25(28-29-30-33)19-31-14-16-32(17-15-31)26(34)27-18-21-8-5-7-20-6-3-4-9-24(20)21/h3-13H,2,14-19H2,1H3,(H,27,34). The predicted molar refractivity (Wildman–Crippen MR) is 133 cm³/mol. The Morgan fingerprint density at radius 1 is 0.971 bits per heavy atom. The first-order valence-corrected chi connectivity index (χ1v) is 11.9. The monoisotopic (exact) mass is 471 g/mol. The number of hydrogen-bond donors (Lipinski definition) is 1. The molecule has 1 aromatic heterocycles. The Balaban J connectivity index is 1.14. The Bertz CT molecular complexity index is 1280. The number of tetrazole rings is 1. The van der Waals surface area contributed by atoms with E-state index in [4.69, 9.17) is 4.74 Å². The van der Waals surface area contributed by atoms with E-state index in [0.717, 1.165) is 35.9 Å². The van der Waals surface area contributed by atoms with Crippen molar-refractivity contribution in [2.45, 2.75) is 20.0 Å². The molecule has 0 bridgehead atoms. The van der Waals surface area contributed by atoms with Crippen molar-refractivity contribution in [3.63, 3.8) is 0 Å². The summed E-state index contributed by atoms with van der Waals surface area (Å²) in [6.07, 6.45) is 0. The number of carbonyl (C=O) groups excluding carboxylic acids is 1. The normalized spacial score (nSPS) is 14.3. The molecule has 3 aromatic carbocycles. The number of hydrogen-bond acceptors (Lipinski definition) is 6. The molecule has 2 heterocycles. The molecular formula is C26H29N7O2. The van der Waals surface area contributed by atoms with Crippen LogP contribution in [-0.2, 0) is 13.1 Å². The second-order valence-electron chi connectivity index (χ2n) is 8.49. The highest BCUT2D eigenvalue weighted by Crippen LogP contribution is 2.19. The molecule has 0 spiro atoms. The molecule has 1 saturated heterocycles. The van der Waals surface area contributed by atoms with Crippen molar-refractivity contribution in [3.8, 4) is 11.4 Å². The van der Waals surface area contributed by atoms with Gasteiger partial charge in [-0.05, 0) is 58.0 Å². The Morgan fingerprint density at radius 3 is 2.54 bits per heavy atom. The molecule has 1 aliphatic heterocycles. The maximum atomic E-state index is 12.8. The van der Waals surface area contributed by atoms with Crippen molar-refractivity contribution in [2.75, 3.05) is 32.8 Å². The molecule has 180 valence electrons. The van der Waals surface area contributed by atoms with E-state index in [2.05, 4.69) is 50.0 Å². The van der Waals surface area contributed by atoms with E-state index in [1.807, 2.05) is 54.3 Å². The van der Waals surface area contributed by atoms with Gasteiger partial charge in [0.25, 0.3) is 0 Å². The van der Waals surface area contributed by atoms with Crippen molar-refractivity contribution >= 4 is 16.8 Å². The van der Waals surface area contributed by atoms with Gasteiger partial charge >= 0.3 is 6.03 Å². The minimum absolute atomic E-state index is 0.0307. The van der Waals surface area contributed by atoms with Gasteiger partial charge in [0, 0.05) is 32.7 Å². The molecule has 9 heteroatoms. The van der Waals surface area contributed by atoms with Crippen molar-refractivity contribution in [2.24, 2.45) is 0 Å². The quantitative estimate of drug-likeness (QED) is 0.445. The number of aromatic nitrogens is 4. The van der Waals surface area contributed by atoms with Gasteiger partial charge in [-0.3, -0.25) is 4.90 Å². The second-order valence-corrected chi connectivity index (χ2v) is 8.49. The number of benzene rings is 3. The minimum atomic E-state index is -0.0307. The van der Waals surface area contributed by atoms with Crippen LogP contribution in [0.2, 0.25) is 0 Å². The molecule has 1 fully saturated rings. The van der Waals surface area contributed by atoms with Gasteiger partial charge in [0.15, 0.2) is 5.82 Å². The summed E-state index contributed by atoms with van der Waals surface area (Å²) in [5.74, 6) is 1.59. The van der Waals surface area contributed by atoms with Crippen LogP contribution < -0.4 is 10.1 Å². The molecule has 0 saturated carbocycles. The summed E-state index contributed by atoms with van der Waals surface area (Å²) in [7, 11) is 0. The summed E-state index contributed by atoms with van der Waals surface area (Å²) in [5, 5.41) is 17.7. The third kappa shape index (κ3) is 5.25. The fourth-order valence-electron chi connectivity index (χ4n) is 4.39. The summed E-state index contributed by atoms with van der Waals surface area (Å²) in [6, 6.07) is 22.1. The lowest BCUT2D eigenvalue weighted by atomic mass is 10.0. The first-order valence-electron chi connectivity index (χ1n) is 11.9. The lowest BCUT2D eigenvalue weighted by Gasteiger charge is -2.34. The zero-order chi connectivity index (χ0) is 24.0. The molecule has 0 atom stereocenters. The van der Waals surface area contributed by atoms with Gasteiger partial charge in [0.05, 0.1) is 18.8 Å². The SMILES string of the molecule is CCOc1ccc(-n2nnnc2CN2CCN(C(=O)NCc3cccc4ccccc34)CC2)cc1. The van der Waals surface area contributed by atoms with Gasteiger partial charge in [-0.15, -0.1) is 5.10 Å². The van der Waals surface area contributed by atoms with Gasteiger partial charge in [-0.1, -0.05) is 42.5 Å². The molecule has 4 aromatic rings. The molecular weight excluding hydrogens is 442 g/mol. The average Bonchev–Trinajstić information content (AvgIpc) is 3.36. The summed E-state index contributed by atoms with van der Waals surface area (Å²) in [4.78, 5) is 16.9. The van der Waals surface area contributed by atoms with Crippen molar-refractivity contribution in [3.05, 3.63) is 78.1 Å². The number of nitrogens with zero attached hydrogens (tertiary/aromatic N) is 6. The second kappa shape index (κ2) is 10.5. The van der Waals surface area contributed by atoms with Crippen LogP contribution in [0.5, 0.6) is 5.75 Å². The van der Waals surface area contributed by atoms with Crippen LogP contribution in [0.4, 0.5) is 4.79 Å². The van der Waals surface area contributed by atoms with Crippen LogP contribution in [0.25, 0.3) is 16.5 Å². The Hall–Kier alpha value is -3.98. The van der Waals surface area contributed by atoms with E-state index in [1.165, 1.54) is 10.8 Å². The van der Waals surface area contributed by atoms with Crippen LogP contribution in [-0.4, -0.2) is 68.8 Å². The first-order chi connectivity index (χ1) is 17.2. The molecule has 0 radical (unpaired) electrons. The Morgan fingerprint density at radius 2 is 1.74 bits per heavy atom. The number of urea groups is 1. The van der Waals surface area contributed by atoms with Crippen LogP contribution in [0.3, 0.4) is 0 Å². The highest BCUT2D eigenvalue weighted by Gasteiger charge is 2.23. The van der Waals surface area contributed by atoms with Crippen LogP contribution in [0.15, 0.2) is 66.7 Å². The molecule has 2 amide bonds. The van der Waals surface area contributed by atoms with Gasteiger partial charge in [-0.25, -0.2) is 4.79 Å². The zero-order valence-electron chi connectivity index (χ0n) is 19.8. The number of nitrogens with one attached hydrogen (secondary N) is 1. The average molecular weight is 472 g/mol. The van der Waals surface area contributed by atoms with Crippen LogP contribution in [0.1, 0.15) is 18.3 Å². The van der Waals surface area contributed by atoms with E-state index < -0.39 is 0 Å². The fraction of sp³-hybridized carbons (Fsp3) is 0.308. The summed E-state index contributed by atoms with van der Waals surface area (Å²) >= 11 is 0. The minimum Gasteiger partial charge on any atom is -0.494 e. The van der Waals surface area contributed by atoms with E-state index in [9.17, 15) is 4.79 Å². The number of rotatable bonds is 7. The number of fused-ring (bicyclic) bond motifs is 1. The topological polar surface area (TPSA) is 88.4 Å². The number of amides is 2. The van der Waals surface area contributed by atoms with E-state index >= 15 is 0 Å². The molecule has 9 nitrogen and oxygen atoms in total. The largest absolute Gasteiger partial charge is 0.494 e. The molecule has 35 heavy (non-hydrogen) atoms. The summed E-state index contributed by atoms with van der Waals surface area (Å²) in [6.45, 7) is 6.56. The van der Waals surface area contributed by atoms with Crippen LogP contribution >= 0.6 is 0 Å². The molecule has 5 rings (SSSR count). The lowest BCUT2D eigenvalue weighted by Crippen LogP contribution is -2.51. The number of ether oxygens (including phenoxy) is 1. The van der Waals surface area contributed by atoms with E-state index in [0.29, 0.717) is 32.8 Å². The van der Waals surface area contributed by atoms with Gasteiger partial charge in [-0.2, -0.15) is 4.68 Å².